The van der Waals surface area contributed by atoms with Gasteiger partial charge in [0, 0.05) is 6.61 Å². The van der Waals surface area contributed by atoms with Gasteiger partial charge in [-0.15, -0.1) is 0 Å². The maximum atomic E-state index is 5.86. The summed E-state index contributed by atoms with van der Waals surface area (Å²) < 4.78 is 17.1. The minimum atomic E-state index is -0.501. The number of hydrogen-bond acceptors (Lipinski definition) is 3. The van der Waals surface area contributed by atoms with E-state index >= 15 is 0 Å². The quantitative estimate of drug-likeness (QED) is 0.729. The molecule has 3 atom stereocenters. The monoisotopic (exact) mass is 230 g/mol. The fourth-order valence-corrected chi connectivity index (χ4v) is 1.95. The fraction of sp³-hybridized carbons (Fsp3) is 1.00. The average molecular weight is 230 g/mol. The first-order valence-electron chi connectivity index (χ1n) is 6.08. The lowest BCUT2D eigenvalue weighted by molar-refractivity contribution is -0.247. The van der Waals surface area contributed by atoms with Gasteiger partial charge in [-0.05, 0) is 17.8 Å². The lowest BCUT2D eigenvalue weighted by Crippen LogP contribution is -2.42. The van der Waals surface area contributed by atoms with Crippen LogP contribution < -0.4 is 0 Å². The van der Waals surface area contributed by atoms with E-state index in [1.807, 2.05) is 6.92 Å². The van der Waals surface area contributed by atoms with Crippen molar-refractivity contribution in [2.45, 2.75) is 67.2 Å². The molecule has 0 N–H and O–H groups in total. The van der Waals surface area contributed by atoms with Crippen molar-refractivity contribution in [2.24, 2.45) is 10.8 Å². The first-order valence-corrected chi connectivity index (χ1v) is 6.08. The molecule has 1 aliphatic heterocycles. The van der Waals surface area contributed by atoms with E-state index in [0.717, 1.165) is 0 Å². The predicted molar refractivity (Wildman–Crippen MR) is 64.1 cm³/mol. The summed E-state index contributed by atoms with van der Waals surface area (Å²) >= 11 is 0. The van der Waals surface area contributed by atoms with Gasteiger partial charge in [0.1, 0.15) is 0 Å². The Bertz CT molecular complexity index is 202. The molecule has 1 heterocycles. The van der Waals surface area contributed by atoms with E-state index in [9.17, 15) is 0 Å². The molecule has 96 valence electrons. The first-order chi connectivity index (χ1) is 7.16. The Morgan fingerprint density at radius 3 is 1.50 bits per heavy atom. The Morgan fingerprint density at radius 1 is 0.875 bits per heavy atom. The molecule has 1 saturated heterocycles. The van der Waals surface area contributed by atoms with Crippen LogP contribution in [-0.4, -0.2) is 25.3 Å². The van der Waals surface area contributed by atoms with E-state index in [1.54, 1.807) is 0 Å². The Kier molecular flexibility index (Phi) is 4.04. The van der Waals surface area contributed by atoms with Gasteiger partial charge in [-0.1, -0.05) is 41.5 Å². The van der Waals surface area contributed by atoms with Crippen molar-refractivity contribution in [2.75, 3.05) is 6.61 Å². The van der Waals surface area contributed by atoms with Gasteiger partial charge >= 0.3 is 0 Å². The molecule has 1 rings (SSSR count). The molecule has 0 aromatic carbocycles. The van der Waals surface area contributed by atoms with Gasteiger partial charge in [-0.25, -0.2) is 0 Å². The Morgan fingerprint density at radius 2 is 1.25 bits per heavy atom. The molecule has 0 saturated carbocycles. The third-order valence-corrected chi connectivity index (χ3v) is 2.80. The number of rotatable bonds is 2. The number of ether oxygens (including phenoxy) is 3. The van der Waals surface area contributed by atoms with Crippen LogP contribution in [0.3, 0.4) is 0 Å². The van der Waals surface area contributed by atoms with Crippen LogP contribution in [0.15, 0.2) is 0 Å². The molecule has 0 aromatic rings. The first kappa shape index (κ1) is 13.9. The highest BCUT2D eigenvalue weighted by Gasteiger charge is 2.48. The van der Waals surface area contributed by atoms with E-state index < -0.39 is 6.48 Å². The normalized spacial score (nSPS) is 32.1. The summed E-state index contributed by atoms with van der Waals surface area (Å²) in [6.07, 6.45) is 0.146. The van der Waals surface area contributed by atoms with Gasteiger partial charge in [0.15, 0.2) is 0 Å². The summed E-state index contributed by atoms with van der Waals surface area (Å²) in [5.74, 6) is 0. The highest BCUT2D eigenvalue weighted by molar-refractivity contribution is 4.92. The van der Waals surface area contributed by atoms with Crippen LogP contribution in [-0.2, 0) is 14.2 Å². The van der Waals surface area contributed by atoms with Crippen LogP contribution in [0, 0.1) is 10.8 Å². The fourth-order valence-electron chi connectivity index (χ4n) is 1.95. The molecule has 3 heteroatoms. The van der Waals surface area contributed by atoms with E-state index in [2.05, 4.69) is 41.5 Å². The Hall–Kier alpha value is -0.120. The van der Waals surface area contributed by atoms with Crippen molar-refractivity contribution < 1.29 is 14.2 Å². The van der Waals surface area contributed by atoms with Crippen LogP contribution in [0.2, 0.25) is 0 Å². The summed E-state index contributed by atoms with van der Waals surface area (Å²) in [6, 6.07) is 0. The van der Waals surface area contributed by atoms with Gasteiger partial charge in [0.05, 0.1) is 12.2 Å². The van der Waals surface area contributed by atoms with Gasteiger partial charge in [0.25, 0.3) is 6.48 Å². The van der Waals surface area contributed by atoms with Crippen LogP contribution in [0.1, 0.15) is 48.5 Å². The lowest BCUT2D eigenvalue weighted by Gasteiger charge is -2.36. The second kappa shape index (κ2) is 4.63. The molecule has 3 nitrogen and oxygen atoms in total. The molecule has 2 unspecified atom stereocenters. The molecular formula is C13H26O3. The van der Waals surface area contributed by atoms with E-state index in [-0.39, 0.29) is 23.0 Å². The van der Waals surface area contributed by atoms with Gasteiger partial charge in [-0.3, -0.25) is 0 Å². The van der Waals surface area contributed by atoms with Crippen molar-refractivity contribution in [3.63, 3.8) is 0 Å². The maximum Gasteiger partial charge on any atom is 0.272 e. The standard InChI is InChI=1S/C13H26O3/c1-8-14-11-15-9(12(2,3)4)10(16-11)13(5,6)7/h9-11H,8H2,1-7H3/t9-,10?,11?/m1/s1. The molecule has 0 amide bonds. The highest BCUT2D eigenvalue weighted by Crippen LogP contribution is 2.41. The molecule has 1 fully saturated rings. The minimum Gasteiger partial charge on any atom is -0.330 e. The SMILES string of the molecule is CCOC1OC(C(C)(C)C)[C@H](C(C)(C)C)O1. The van der Waals surface area contributed by atoms with Crippen LogP contribution >= 0.6 is 0 Å². The molecular weight excluding hydrogens is 204 g/mol. The molecule has 0 bridgehead atoms. The zero-order valence-corrected chi connectivity index (χ0v) is 11.7. The van der Waals surface area contributed by atoms with Gasteiger partial charge in [0.2, 0.25) is 0 Å². The number of hydrogen-bond donors (Lipinski definition) is 0. The highest BCUT2D eigenvalue weighted by atomic mass is 16.9. The smallest absolute Gasteiger partial charge is 0.272 e. The van der Waals surface area contributed by atoms with Gasteiger partial charge in [-0.2, -0.15) is 0 Å². The largest absolute Gasteiger partial charge is 0.330 e. The summed E-state index contributed by atoms with van der Waals surface area (Å²) in [7, 11) is 0. The third kappa shape index (κ3) is 3.19. The molecule has 0 aromatic heterocycles. The molecule has 1 aliphatic rings. The molecule has 0 radical (unpaired) electrons. The average Bonchev–Trinajstić information content (AvgIpc) is 2.47. The molecule has 0 spiro atoms. The summed E-state index contributed by atoms with van der Waals surface area (Å²) in [6.45, 7) is 15.1. The summed E-state index contributed by atoms with van der Waals surface area (Å²) in [5.41, 5.74) is 0.119. The maximum absolute atomic E-state index is 5.86. The zero-order chi connectivity index (χ0) is 12.6. The topological polar surface area (TPSA) is 27.7 Å². The van der Waals surface area contributed by atoms with Crippen LogP contribution in [0.4, 0.5) is 0 Å². The third-order valence-electron chi connectivity index (χ3n) is 2.80. The zero-order valence-electron chi connectivity index (χ0n) is 11.7. The predicted octanol–water partition coefficient (Wildman–Crippen LogP) is 3.18. The van der Waals surface area contributed by atoms with Crippen molar-refractivity contribution in [3.8, 4) is 0 Å². The lowest BCUT2D eigenvalue weighted by atomic mass is 9.76. The van der Waals surface area contributed by atoms with Crippen LogP contribution in [0.5, 0.6) is 0 Å². The second-order valence-corrected chi connectivity index (χ2v) is 6.59. The minimum absolute atomic E-state index is 0.0593. The second-order valence-electron chi connectivity index (χ2n) is 6.59. The van der Waals surface area contributed by atoms with Gasteiger partial charge < -0.3 is 14.2 Å². The Balaban J connectivity index is 2.80. The molecule has 16 heavy (non-hydrogen) atoms. The summed E-state index contributed by atoms with van der Waals surface area (Å²) in [4.78, 5) is 0. The van der Waals surface area contributed by atoms with E-state index in [1.165, 1.54) is 0 Å². The molecule has 0 aliphatic carbocycles. The van der Waals surface area contributed by atoms with Crippen molar-refractivity contribution in [1.29, 1.82) is 0 Å². The van der Waals surface area contributed by atoms with Crippen molar-refractivity contribution in [1.82, 2.24) is 0 Å². The van der Waals surface area contributed by atoms with Crippen molar-refractivity contribution >= 4 is 0 Å². The van der Waals surface area contributed by atoms with E-state index in [4.69, 9.17) is 14.2 Å². The van der Waals surface area contributed by atoms with Crippen LogP contribution in [0.25, 0.3) is 0 Å². The van der Waals surface area contributed by atoms with E-state index in [0.29, 0.717) is 6.61 Å². The van der Waals surface area contributed by atoms with Crippen molar-refractivity contribution in [3.05, 3.63) is 0 Å². The summed E-state index contributed by atoms with van der Waals surface area (Å²) in [5, 5.41) is 0. The Labute approximate surface area is 99.5 Å².